The van der Waals surface area contributed by atoms with Crippen molar-refractivity contribution in [3.63, 3.8) is 0 Å². The van der Waals surface area contributed by atoms with Gasteiger partial charge in [0, 0.05) is 5.69 Å². The Hall–Kier alpha value is -0.460. The van der Waals surface area contributed by atoms with Crippen molar-refractivity contribution in [3.8, 4) is 0 Å². The molecule has 0 spiro atoms. The smallest absolute Gasteiger partial charge is 0.236 e. The maximum absolute atomic E-state index is 11.3. The Labute approximate surface area is 148 Å². The second-order valence-corrected chi connectivity index (χ2v) is 7.19. The van der Waals surface area contributed by atoms with E-state index in [0.29, 0.717) is 0 Å². The predicted molar refractivity (Wildman–Crippen MR) is 93.5 cm³/mol. The van der Waals surface area contributed by atoms with E-state index in [1.165, 1.54) is 0 Å². The van der Waals surface area contributed by atoms with Crippen molar-refractivity contribution in [2.45, 2.75) is 16.9 Å². The van der Waals surface area contributed by atoms with Gasteiger partial charge in [-0.05, 0) is 36.8 Å². The van der Waals surface area contributed by atoms with Gasteiger partial charge < -0.3 is 16.0 Å². The van der Waals surface area contributed by atoms with Crippen LogP contribution in [0.2, 0.25) is 0 Å². The van der Waals surface area contributed by atoms with Crippen LogP contribution >= 0.6 is 58.6 Å². The van der Waals surface area contributed by atoms with E-state index in [4.69, 9.17) is 58.6 Å². The van der Waals surface area contributed by atoms with Gasteiger partial charge in [0.05, 0.1) is 0 Å². The molecular weight excluding hydrogens is 376 g/mol. The maximum Gasteiger partial charge on any atom is 0.236 e. The van der Waals surface area contributed by atoms with Crippen LogP contribution in [0.3, 0.4) is 0 Å². The molecule has 0 aliphatic heterocycles. The first kappa shape index (κ1) is 18.6. The first-order chi connectivity index (χ1) is 9.72. The fourth-order valence-electron chi connectivity index (χ4n) is 1.42. The van der Waals surface area contributed by atoms with Crippen LogP contribution in [0.15, 0.2) is 24.3 Å². The van der Waals surface area contributed by atoms with Crippen molar-refractivity contribution < 1.29 is 4.79 Å². The number of alkyl halides is 4. The van der Waals surface area contributed by atoms with E-state index in [1.54, 1.807) is 0 Å². The molecule has 0 saturated heterocycles. The minimum Gasteiger partial charge on any atom is -0.339 e. The summed E-state index contributed by atoms with van der Waals surface area (Å²) in [5.74, 6) is -0.740. The lowest BCUT2D eigenvalue weighted by Crippen LogP contribution is -2.56. The molecule has 0 fully saturated rings. The lowest BCUT2D eigenvalue weighted by Gasteiger charge is -2.27. The number of benzene rings is 1. The summed E-state index contributed by atoms with van der Waals surface area (Å²) in [6.07, 6.45) is -1.02. The SMILES string of the molecule is Cc1cccc(NC(=S)NC(NC(=O)CCl)C(Cl)(Cl)Cl)c1. The molecular formula is C12H13Cl4N3OS. The number of anilines is 1. The second-order valence-electron chi connectivity index (χ2n) is 4.14. The van der Waals surface area contributed by atoms with Crippen molar-refractivity contribution in [2.75, 3.05) is 11.2 Å². The largest absolute Gasteiger partial charge is 0.339 e. The van der Waals surface area contributed by atoms with Gasteiger partial charge in [-0.15, -0.1) is 11.6 Å². The molecule has 0 aliphatic carbocycles. The zero-order valence-electron chi connectivity index (χ0n) is 10.9. The lowest BCUT2D eigenvalue weighted by molar-refractivity contribution is -0.119. The standard InChI is InChI=1S/C12H13Cl4N3OS/c1-7-3-2-4-8(5-7)17-11(21)19-10(12(14,15)16)18-9(20)6-13/h2-5,10H,6H2,1H3,(H,18,20)(H2,17,19,21). The van der Waals surface area contributed by atoms with E-state index >= 15 is 0 Å². The highest BCUT2D eigenvalue weighted by Gasteiger charge is 2.34. The molecule has 9 heteroatoms. The molecule has 116 valence electrons. The number of carbonyl (C=O) groups excluding carboxylic acids is 1. The summed E-state index contributed by atoms with van der Waals surface area (Å²) in [6, 6.07) is 7.56. The van der Waals surface area contributed by atoms with Crippen molar-refractivity contribution >= 4 is 75.3 Å². The summed E-state index contributed by atoms with van der Waals surface area (Å²) in [6.45, 7) is 1.95. The number of rotatable bonds is 4. The Morgan fingerprint density at radius 1 is 1.33 bits per heavy atom. The van der Waals surface area contributed by atoms with Gasteiger partial charge in [-0.2, -0.15) is 0 Å². The van der Waals surface area contributed by atoms with Gasteiger partial charge in [-0.1, -0.05) is 46.9 Å². The third kappa shape index (κ3) is 6.89. The first-order valence-electron chi connectivity index (χ1n) is 5.78. The average molecular weight is 389 g/mol. The Bertz CT molecular complexity index is 521. The summed E-state index contributed by atoms with van der Waals surface area (Å²) in [5.41, 5.74) is 1.84. The van der Waals surface area contributed by atoms with Gasteiger partial charge in [0.2, 0.25) is 9.70 Å². The van der Waals surface area contributed by atoms with Crippen LogP contribution in [0.5, 0.6) is 0 Å². The number of hydrogen-bond acceptors (Lipinski definition) is 2. The molecule has 0 aliphatic rings. The highest BCUT2D eigenvalue weighted by atomic mass is 35.6. The molecule has 21 heavy (non-hydrogen) atoms. The summed E-state index contributed by atoms with van der Waals surface area (Å²) >= 11 is 27.9. The third-order valence-corrected chi connectivity index (χ3v) is 3.42. The van der Waals surface area contributed by atoms with Crippen LogP contribution in [-0.2, 0) is 4.79 Å². The fourth-order valence-corrected chi connectivity index (χ4v) is 2.06. The topological polar surface area (TPSA) is 53.2 Å². The molecule has 0 aromatic heterocycles. The van der Waals surface area contributed by atoms with Gasteiger partial charge in [0.15, 0.2) is 5.11 Å². The van der Waals surface area contributed by atoms with E-state index < -0.39 is 15.9 Å². The minimum atomic E-state index is -1.79. The molecule has 4 nitrogen and oxygen atoms in total. The van der Waals surface area contributed by atoms with Crippen LogP contribution in [0.1, 0.15) is 5.56 Å². The zero-order chi connectivity index (χ0) is 16.0. The van der Waals surface area contributed by atoms with Gasteiger partial charge in [-0.25, -0.2) is 0 Å². The molecule has 0 radical (unpaired) electrons. The van der Waals surface area contributed by atoms with Crippen LogP contribution in [0, 0.1) is 6.92 Å². The number of halogens is 4. The minimum absolute atomic E-state index is 0.201. The first-order valence-corrected chi connectivity index (χ1v) is 7.86. The molecule has 1 amide bonds. The summed E-state index contributed by atoms with van der Waals surface area (Å²) < 4.78 is -1.79. The van der Waals surface area contributed by atoms with Gasteiger partial charge in [0.25, 0.3) is 0 Å². The highest BCUT2D eigenvalue weighted by Crippen LogP contribution is 2.29. The number of thiocarbonyl (C=S) groups is 1. The second kappa shape index (κ2) is 8.25. The van der Waals surface area contributed by atoms with E-state index in [2.05, 4.69) is 16.0 Å². The zero-order valence-corrected chi connectivity index (χ0v) is 14.8. The monoisotopic (exact) mass is 387 g/mol. The highest BCUT2D eigenvalue weighted by molar-refractivity contribution is 7.80. The summed E-state index contributed by atoms with van der Waals surface area (Å²) in [4.78, 5) is 11.3. The number of hydrogen-bond donors (Lipinski definition) is 3. The molecule has 1 aromatic carbocycles. The Morgan fingerprint density at radius 2 is 2.00 bits per heavy atom. The van der Waals surface area contributed by atoms with Crippen LogP contribution in [-0.4, -0.2) is 26.9 Å². The van der Waals surface area contributed by atoms with E-state index in [9.17, 15) is 4.79 Å². The quantitative estimate of drug-likeness (QED) is 0.420. The van der Waals surface area contributed by atoms with E-state index in [-0.39, 0.29) is 11.0 Å². The van der Waals surface area contributed by atoms with Gasteiger partial charge >= 0.3 is 0 Å². The molecule has 1 unspecified atom stereocenters. The Morgan fingerprint density at radius 3 is 2.52 bits per heavy atom. The van der Waals surface area contributed by atoms with Gasteiger partial charge in [0.1, 0.15) is 12.0 Å². The van der Waals surface area contributed by atoms with E-state index in [1.807, 2.05) is 31.2 Å². The third-order valence-electron chi connectivity index (χ3n) is 2.31. The van der Waals surface area contributed by atoms with Crippen LogP contribution < -0.4 is 16.0 Å². The van der Waals surface area contributed by atoms with Crippen LogP contribution in [0.4, 0.5) is 5.69 Å². The average Bonchev–Trinajstić information content (AvgIpc) is 2.36. The normalized spacial score (nSPS) is 12.4. The number of aryl methyl sites for hydroxylation is 1. The van der Waals surface area contributed by atoms with E-state index in [0.717, 1.165) is 11.3 Å². The van der Waals surface area contributed by atoms with Crippen LogP contribution in [0.25, 0.3) is 0 Å². The predicted octanol–water partition coefficient (Wildman–Crippen LogP) is 3.33. The van der Waals surface area contributed by atoms with Crippen molar-refractivity contribution in [1.29, 1.82) is 0 Å². The van der Waals surface area contributed by atoms with Gasteiger partial charge in [-0.3, -0.25) is 4.79 Å². The molecule has 0 saturated carbocycles. The number of nitrogens with one attached hydrogen (secondary N) is 3. The number of amides is 1. The summed E-state index contributed by atoms with van der Waals surface area (Å²) in [7, 11) is 0. The fraction of sp³-hybridized carbons (Fsp3) is 0.333. The Balaban J connectivity index is 2.70. The van der Waals surface area contributed by atoms with Crippen molar-refractivity contribution in [3.05, 3.63) is 29.8 Å². The lowest BCUT2D eigenvalue weighted by atomic mass is 10.2. The maximum atomic E-state index is 11.3. The molecule has 0 bridgehead atoms. The number of carbonyl (C=O) groups is 1. The molecule has 3 N–H and O–H groups in total. The molecule has 1 atom stereocenters. The van der Waals surface area contributed by atoms with Crippen molar-refractivity contribution in [2.24, 2.45) is 0 Å². The molecule has 1 aromatic rings. The Kier molecular flexibility index (Phi) is 7.30. The molecule has 0 heterocycles. The summed E-state index contributed by atoms with van der Waals surface area (Å²) in [5, 5.41) is 8.29. The van der Waals surface area contributed by atoms with Crippen molar-refractivity contribution in [1.82, 2.24) is 10.6 Å². The molecule has 1 rings (SSSR count).